The van der Waals surface area contributed by atoms with Gasteiger partial charge >= 0.3 is 0 Å². The van der Waals surface area contributed by atoms with E-state index in [2.05, 4.69) is 15.3 Å². The van der Waals surface area contributed by atoms with Crippen LogP contribution in [-0.2, 0) is 6.54 Å². The summed E-state index contributed by atoms with van der Waals surface area (Å²) >= 11 is 7.48. The molecule has 0 bridgehead atoms. The zero-order valence-corrected chi connectivity index (χ0v) is 12.2. The third-order valence-corrected chi connectivity index (χ3v) is 3.86. The van der Waals surface area contributed by atoms with Crippen molar-refractivity contribution in [1.29, 1.82) is 0 Å². The number of rotatable bonds is 4. The van der Waals surface area contributed by atoms with Crippen LogP contribution in [0.4, 0.5) is 5.13 Å². The Morgan fingerprint density at radius 3 is 2.75 bits per heavy atom. The maximum Gasteiger partial charge on any atom is 0.183 e. The lowest BCUT2D eigenvalue weighted by molar-refractivity contribution is 1.10. The first-order chi connectivity index (χ1) is 9.81. The van der Waals surface area contributed by atoms with E-state index in [4.69, 9.17) is 11.6 Å². The fraction of sp³-hybridized carbons (Fsp3) is 0.0667. The fourth-order valence-electron chi connectivity index (χ4n) is 1.79. The molecule has 0 saturated carbocycles. The summed E-state index contributed by atoms with van der Waals surface area (Å²) in [5, 5.41) is 6.98. The van der Waals surface area contributed by atoms with Gasteiger partial charge in [0.25, 0.3) is 0 Å². The van der Waals surface area contributed by atoms with Crippen LogP contribution in [0.3, 0.4) is 0 Å². The molecule has 0 aliphatic heterocycles. The van der Waals surface area contributed by atoms with Gasteiger partial charge in [-0.1, -0.05) is 29.8 Å². The number of hydrogen-bond acceptors (Lipinski definition) is 4. The highest BCUT2D eigenvalue weighted by Gasteiger charge is 2.04. The smallest absolute Gasteiger partial charge is 0.183 e. The van der Waals surface area contributed by atoms with Crippen LogP contribution >= 0.6 is 22.9 Å². The monoisotopic (exact) mass is 301 g/mol. The number of thiazole rings is 1. The highest BCUT2D eigenvalue weighted by molar-refractivity contribution is 7.14. The lowest BCUT2D eigenvalue weighted by Gasteiger charge is -2.01. The number of benzene rings is 1. The van der Waals surface area contributed by atoms with Crippen molar-refractivity contribution in [2.75, 3.05) is 5.32 Å². The van der Waals surface area contributed by atoms with Crippen LogP contribution < -0.4 is 5.32 Å². The first-order valence-electron chi connectivity index (χ1n) is 6.15. The van der Waals surface area contributed by atoms with Crippen molar-refractivity contribution in [3.05, 3.63) is 64.8 Å². The van der Waals surface area contributed by atoms with Gasteiger partial charge in [-0.3, -0.25) is 4.98 Å². The molecule has 3 rings (SSSR count). The summed E-state index contributed by atoms with van der Waals surface area (Å²) in [4.78, 5) is 8.66. The van der Waals surface area contributed by atoms with Gasteiger partial charge in [-0.25, -0.2) is 4.98 Å². The molecule has 2 heterocycles. The number of anilines is 1. The predicted octanol–water partition coefficient (Wildman–Crippen LogP) is 4.47. The molecule has 0 radical (unpaired) electrons. The summed E-state index contributed by atoms with van der Waals surface area (Å²) in [5.74, 6) is 0. The number of pyridine rings is 1. The van der Waals surface area contributed by atoms with Crippen molar-refractivity contribution >= 4 is 28.1 Å². The van der Waals surface area contributed by atoms with Crippen LogP contribution in [0.2, 0.25) is 5.02 Å². The van der Waals surface area contributed by atoms with Gasteiger partial charge in [0.2, 0.25) is 0 Å². The van der Waals surface area contributed by atoms with E-state index >= 15 is 0 Å². The van der Waals surface area contributed by atoms with E-state index in [1.165, 1.54) is 0 Å². The highest BCUT2D eigenvalue weighted by atomic mass is 35.5. The molecular formula is C15H12ClN3S. The number of hydrogen-bond donors (Lipinski definition) is 1. The third kappa shape index (κ3) is 3.15. The van der Waals surface area contributed by atoms with Gasteiger partial charge in [0, 0.05) is 34.9 Å². The van der Waals surface area contributed by atoms with Gasteiger partial charge < -0.3 is 5.32 Å². The minimum absolute atomic E-state index is 0.724. The first kappa shape index (κ1) is 13.1. The van der Waals surface area contributed by atoms with E-state index < -0.39 is 0 Å². The quantitative estimate of drug-likeness (QED) is 0.772. The Kier molecular flexibility index (Phi) is 3.95. The van der Waals surface area contributed by atoms with Gasteiger partial charge in [0.1, 0.15) is 0 Å². The van der Waals surface area contributed by atoms with Crippen molar-refractivity contribution in [3.63, 3.8) is 0 Å². The normalized spacial score (nSPS) is 10.4. The van der Waals surface area contributed by atoms with E-state index in [9.17, 15) is 0 Å². The standard InChI is InChI=1S/C15H12ClN3S/c16-13-5-3-12(4-6-13)14-10-20-15(19-14)18-9-11-2-1-7-17-8-11/h1-8,10H,9H2,(H,18,19). The van der Waals surface area contributed by atoms with Crippen LogP contribution in [0.25, 0.3) is 11.3 Å². The Bertz CT molecular complexity index is 680. The van der Waals surface area contributed by atoms with Crippen LogP contribution in [0, 0.1) is 0 Å². The molecule has 3 nitrogen and oxygen atoms in total. The number of halogens is 1. The lowest BCUT2D eigenvalue weighted by Crippen LogP contribution is -1.98. The minimum Gasteiger partial charge on any atom is -0.357 e. The van der Waals surface area contributed by atoms with Crippen molar-refractivity contribution in [2.45, 2.75) is 6.54 Å². The summed E-state index contributed by atoms with van der Waals surface area (Å²) in [6, 6.07) is 11.7. The molecule has 0 unspecified atom stereocenters. The summed E-state index contributed by atoms with van der Waals surface area (Å²) in [6.45, 7) is 0.724. The molecule has 0 aliphatic carbocycles. The molecule has 0 aliphatic rings. The Labute approximate surface area is 126 Å². The van der Waals surface area contributed by atoms with Crippen LogP contribution in [0.15, 0.2) is 54.2 Å². The summed E-state index contributed by atoms with van der Waals surface area (Å²) in [5.41, 5.74) is 3.16. The van der Waals surface area contributed by atoms with Crippen LogP contribution in [0.5, 0.6) is 0 Å². The molecule has 0 fully saturated rings. The molecule has 3 aromatic rings. The molecule has 20 heavy (non-hydrogen) atoms. The summed E-state index contributed by atoms with van der Waals surface area (Å²) in [6.07, 6.45) is 3.62. The van der Waals surface area contributed by atoms with Crippen molar-refractivity contribution in [2.24, 2.45) is 0 Å². The van der Waals surface area contributed by atoms with Crippen LogP contribution in [0.1, 0.15) is 5.56 Å². The fourth-order valence-corrected chi connectivity index (χ4v) is 2.63. The number of nitrogens with zero attached hydrogens (tertiary/aromatic N) is 2. The second kappa shape index (κ2) is 6.03. The van der Waals surface area contributed by atoms with Gasteiger partial charge in [-0.15, -0.1) is 11.3 Å². The Morgan fingerprint density at radius 1 is 1.15 bits per heavy atom. The first-order valence-corrected chi connectivity index (χ1v) is 7.41. The second-order valence-corrected chi connectivity index (χ2v) is 5.55. The molecule has 5 heteroatoms. The largest absolute Gasteiger partial charge is 0.357 e. The minimum atomic E-state index is 0.724. The Balaban J connectivity index is 1.69. The molecule has 0 atom stereocenters. The van der Waals surface area contributed by atoms with Gasteiger partial charge in [-0.2, -0.15) is 0 Å². The van der Waals surface area contributed by atoms with Crippen molar-refractivity contribution < 1.29 is 0 Å². The molecule has 1 N–H and O–H groups in total. The van der Waals surface area contributed by atoms with Crippen LogP contribution in [-0.4, -0.2) is 9.97 Å². The molecule has 0 saturated heterocycles. The van der Waals surface area contributed by atoms with E-state index in [1.54, 1.807) is 17.5 Å². The molecule has 0 amide bonds. The summed E-state index contributed by atoms with van der Waals surface area (Å²) in [7, 11) is 0. The maximum absolute atomic E-state index is 5.89. The van der Waals surface area contributed by atoms with Gasteiger partial charge in [-0.05, 0) is 23.8 Å². The van der Waals surface area contributed by atoms with E-state index in [1.807, 2.05) is 48.0 Å². The number of nitrogens with one attached hydrogen (secondary N) is 1. The predicted molar refractivity (Wildman–Crippen MR) is 84.1 cm³/mol. The molecule has 1 aromatic carbocycles. The van der Waals surface area contributed by atoms with E-state index in [-0.39, 0.29) is 0 Å². The van der Waals surface area contributed by atoms with E-state index in [0.29, 0.717) is 0 Å². The zero-order valence-electron chi connectivity index (χ0n) is 10.6. The lowest BCUT2D eigenvalue weighted by atomic mass is 10.2. The average molecular weight is 302 g/mol. The molecule has 100 valence electrons. The third-order valence-electron chi connectivity index (χ3n) is 2.81. The zero-order chi connectivity index (χ0) is 13.8. The molecule has 2 aromatic heterocycles. The van der Waals surface area contributed by atoms with Gasteiger partial charge in [0.05, 0.1) is 5.69 Å². The highest BCUT2D eigenvalue weighted by Crippen LogP contribution is 2.26. The molecule has 0 spiro atoms. The second-order valence-electron chi connectivity index (χ2n) is 4.26. The van der Waals surface area contributed by atoms with Crippen molar-refractivity contribution in [3.8, 4) is 11.3 Å². The topological polar surface area (TPSA) is 37.8 Å². The Morgan fingerprint density at radius 2 is 2.00 bits per heavy atom. The molecular weight excluding hydrogens is 290 g/mol. The SMILES string of the molecule is Clc1ccc(-c2csc(NCc3cccnc3)n2)cc1. The average Bonchev–Trinajstić information content (AvgIpc) is 2.96. The van der Waals surface area contributed by atoms with E-state index in [0.717, 1.165) is 33.5 Å². The Hall–Kier alpha value is -1.91. The maximum atomic E-state index is 5.89. The van der Waals surface area contributed by atoms with Crippen molar-refractivity contribution in [1.82, 2.24) is 9.97 Å². The number of aromatic nitrogens is 2. The summed E-state index contributed by atoms with van der Waals surface area (Å²) < 4.78 is 0. The van der Waals surface area contributed by atoms with Gasteiger partial charge in [0.15, 0.2) is 5.13 Å².